The second-order valence-corrected chi connectivity index (χ2v) is 8.73. The van der Waals surface area contributed by atoms with Gasteiger partial charge in [0, 0.05) is 31.8 Å². The molecule has 0 unspecified atom stereocenters. The van der Waals surface area contributed by atoms with E-state index in [1.807, 2.05) is 4.90 Å². The number of halogens is 1. The third-order valence-corrected chi connectivity index (χ3v) is 5.88. The highest BCUT2D eigenvalue weighted by Gasteiger charge is 2.38. The van der Waals surface area contributed by atoms with Gasteiger partial charge in [0.15, 0.2) is 9.84 Å². The molecular formula is C19H20FNO4S. The van der Waals surface area contributed by atoms with Gasteiger partial charge >= 0.3 is 5.97 Å². The SMILES string of the molecule is CS(=O)(=O)c1ccc(CN2C[C@@H](C(=O)O)[C@H](c3cccc(F)c3)C2)cc1. The van der Waals surface area contributed by atoms with Crippen molar-refractivity contribution >= 4 is 15.8 Å². The van der Waals surface area contributed by atoms with Gasteiger partial charge in [-0.05, 0) is 35.4 Å². The van der Waals surface area contributed by atoms with Crippen LogP contribution in [0.15, 0.2) is 53.4 Å². The zero-order valence-electron chi connectivity index (χ0n) is 14.3. The fraction of sp³-hybridized carbons (Fsp3) is 0.316. The van der Waals surface area contributed by atoms with Gasteiger partial charge in [0.05, 0.1) is 10.8 Å². The number of likely N-dealkylation sites (tertiary alicyclic amines) is 1. The molecule has 0 spiro atoms. The first kappa shape index (κ1) is 18.5. The molecule has 0 bridgehead atoms. The summed E-state index contributed by atoms with van der Waals surface area (Å²) in [4.78, 5) is 13.9. The Morgan fingerprint density at radius 1 is 1.19 bits per heavy atom. The summed E-state index contributed by atoms with van der Waals surface area (Å²) in [5.74, 6) is -2.15. The molecule has 1 aliphatic heterocycles. The molecule has 2 atom stereocenters. The van der Waals surface area contributed by atoms with Crippen LogP contribution in [0.1, 0.15) is 17.0 Å². The Kier molecular flexibility index (Phi) is 5.11. The van der Waals surface area contributed by atoms with Crippen molar-refractivity contribution in [2.45, 2.75) is 17.4 Å². The lowest BCUT2D eigenvalue weighted by Crippen LogP contribution is -2.23. The van der Waals surface area contributed by atoms with Crippen LogP contribution in [0.4, 0.5) is 4.39 Å². The third kappa shape index (κ3) is 4.11. The number of carboxylic acids is 1. The van der Waals surface area contributed by atoms with Crippen molar-refractivity contribution in [2.24, 2.45) is 5.92 Å². The van der Waals surface area contributed by atoms with Gasteiger partial charge < -0.3 is 5.11 Å². The van der Waals surface area contributed by atoms with Gasteiger partial charge in [-0.3, -0.25) is 9.69 Å². The Bertz CT molecular complexity index is 911. The van der Waals surface area contributed by atoms with E-state index in [2.05, 4.69) is 0 Å². The van der Waals surface area contributed by atoms with Gasteiger partial charge in [-0.1, -0.05) is 24.3 Å². The van der Waals surface area contributed by atoms with E-state index in [9.17, 15) is 22.7 Å². The maximum Gasteiger partial charge on any atom is 0.308 e. The summed E-state index contributed by atoms with van der Waals surface area (Å²) in [6.45, 7) is 1.39. The highest BCUT2D eigenvalue weighted by Crippen LogP contribution is 2.34. The largest absolute Gasteiger partial charge is 0.481 e. The maximum atomic E-state index is 13.5. The van der Waals surface area contributed by atoms with Gasteiger partial charge in [-0.15, -0.1) is 0 Å². The van der Waals surface area contributed by atoms with E-state index < -0.39 is 21.7 Å². The molecule has 1 aliphatic rings. The topological polar surface area (TPSA) is 74.7 Å². The second-order valence-electron chi connectivity index (χ2n) is 6.72. The molecule has 1 N–H and O–H groups in total. The maximum absolute atomic E-state index is 13.5. The van der Waals surface area contributed by atoms with Gasteiger partial charge in [0.25, 0.3) is 0 Å². The van der Waals surface area contributed by atoms with Crippen LogP contribution >= 0.6 is 0 Å². The number of sulfone groups is 1. The van der Waals surface area contributed by atoms with E-state index in [1.54, 1.807) is 36.4 Å². The molecule has 2 aromatic carbocycles. The van der Waals surface area contributed by atoms with Crippen LogP contribution in [0.2, 0.25) is 0 Å². The van der Waals surface area contributed by atoms with Crippen molar-refractivity contribution in [1.82, 2.24) is 4.90 Å². The van der Waals surface area contributed by atoms with Crippen molar-refractivity contribution < 1.29 is 22.7 Å². The van der Waals surface area contributed by atoms with Gasteiger partial charge in [-0.2, -0.15) is 0 Å². The first-order chi connectivity index (χ1) is 12.2. The predicted molar refractivity (Wildman–Crippen MR) is 95.1 cm³/mol. The van der Waals surface area contributed by atoms with Gasteiger partial charge in [0.2, 0.25) is 0 Å². The molecule has 0 radical (unpaired) electrons. The Hall–Kier alpha value is -2.25. The second kappa shape index (κ2) is 7.17. The molecule has 5 nitrogen and oxygen atoms in total. The summed E-state index contributed by atoms with van der Waals surface area (Å²) in [5, 5.41) is 9.54. The van der Waals surface area contributed by atoms with Crippen molar-refractivity contribution in [2.75, 3.05) is 19.3 Å². The van der Waals surface area contributed by atoms with Crippen molar-refractivity contribution in [3.8, 4) is 0 Å². The number of carbonyl (C=O) groups is 1. The van der Waals surface area contributed by atoms with E-state index in [4.69, 9.17) is 0 Å². The molecule has 7 heteroatoms. The molecule has 1 fully saturated rings. The van der Waals surface area contributed by atoms with Crippen LogP contribution in [0, 0.1) is 11.7 Å². The molecule has 0 aromatic heterocycles. The summed E-state index contributed by atoms with van der Waals surface area (Å²) >= 11 is 0. The molecule has 0 saturated carbocycles. The van der Waals surface area contributed by atoms with Crippen LogP contribution in [0.3, 0.4) is 0 Å². The van der Waals surface area contributed by atoms with Crippen LogP contribution in [0.25, 0.3) is 0 Å². The summed E-state index contributed by atoms with van der Waals surface area (Å²) in [7, 11) is -3.24. The lowest BCUT2D eigenvalue weighted by molar-refractivity contribution is -0.141. The van der Waals surface area contributed by atoms with E-state index in [0.717, 1.165) is 11.8 Å². The highest BCUT2D eigenvalue weighted by atomic mass is 32.2. The average molecular weight is 377 g/mol. The van der Waals surface area contributed by atoms with Crippen LogP contribution in [-0.4, -0.2) is 43.7 Å². The standard InChI is InChI=1S/C19H20FNO4S/c1-26(24,25)16-7-5-13(6-8-16)10-21-11-17(18(12-21)19(22)23)14-3-2-4-15(20)9-14/h2-9,17-18H,10-12H2,1H3,(H,22,23)/t17-,18+/m0/s1. The third-order valence-electron chi connectivity index (χ3n) is 4.75. The fourth-order valence-corrected chi connectivity index (χ4v) is 4.07. The Labute approximate surface area is 152 Å². The number of nitrogens with zero attached hydrogens (tertiary/aromatic N) is 1. The number of rotatable bonds is 5. The molecule has 1 heterocycles. The van der Waals surface area contributed by atoms with E-state index in [-0.39, 0.29) is 16.6 Å². The Balaban J connectivity index is 1.77. The Morgan fingerprint density at radius 2 is 1.88 bits per heavy atom. The van der Waals surface area contributed by atoms with E-state index >= 15 is 0 Å². The molecule has 3 rings (SSSR count). The lowest BCUT2D eigenvalue weighted by Gasteiger charge is -2.16. The van der Waals surface area contributed by atoms with Gasteiger partial charge in [-0.25, -0.2) is 12.8 Å². The molecule has 138 valence electrons. The minimum absolute atomic E-state index is 0.253. The zero-order chi connectivity index (χ0) is 18.9. The van der Waals surface area contributed by atoms with Crippen LogP contribution in [0.5, 0.6) is 0 Å². The monoisotopic (exact) mass is 377 g/mol. The fourth-order valence-electron chi connectivity index (χ4n) is 3.44. The molecule has 1 saturated heterocycles. The molecule has 0 amide bonds. The van der Waals surface area contributed by atoms with Crippen molar-refractivity contribution in [3.63, 3.8) is 0 Å². The summed E-state index contributed by atoms with van der Waals surface area (Å²) in [5.41, 5.74) is 1.59. The summed E-state index contributed by atoms with van der Waals surface area (Å²) < 4.78 is 36.6. The number of carboxylic acid groups (broad SMARTS) is 1. The molecule has 26 heavy (non-hydrogen) atoms. The summed E-state index contributed by atoms with van der Waals surface area (Å²) in [6, 6.07) is 12.7. The van der Waals surface area contributed by atoms with Crippen LogP contribution in [-0.2, 0) is 21.2 Å². The van der Waals surface area contributed by atoms with E-state index in [0.29, 0.717) is 25.2 Å². The number of hydrogen-bond donors (Lipinski definition) is 1. The smallest absolute Gasteiger partial charge is 0.308 e. The van der Waals surface area contributed by atoms with Crippen molar-refractivity contribution in [3.05, 3.63) is 65.5 Å². The van der Waals surface area contributed by atoms with Gasteiger partial charge in [0.1, 0.15) is 5.82 Å². The summed E-state index contributed by atoms with van der Waals surface area (Å²) in [6.07, 6.45) is 1.16. The van der Waals surface area contributed by atoms with E-state index in [1.165, 1.54) is 12.1 Å². The highest BCUT2D eigenvalue weighted by molar-refractivity contribution is 7.90. The Morgan fingerprint density at radius 3 is 2.46 bits per heavy atom. The normalized spacial score (nSPS) is 21.0. The first-order valence-corrected chi connectivity index (χ1v) is 10.1. The minimum atomic E-state index is -3.24. The predicted octanol–water partition coefficient (Wildman–Crippen LogP) is 2.53. The first-order valence-electron chi connectivity index (χ1n) is 8.23. The number of aliphatic carboxylic acids is 1. The molecule has 2 aromatic rings. The number of hydrogen-bond acceptors (Lipinski definition) is 4. The lowest BCUT2D eigenvalue weighted by atomic mass is 9.89. The molecular weight excluding hydrogens is 357 g/mol. The zero-order valence-corrected chi connectivity index (χ0v) is 15.1. The van der Waals surface area contributed by atoms with Crippen molar-refractivity contribution in [1.29, 1.82) is 0 Å². The number of benzene rings is 2. The van der Waals surface area contributed by atoms with Crippen LogP contribution < -0.4 is 0 Å². The minimum Gasteiger partial charge on any atom is -0.481 e. The molecule has 0 aliphatic carbocycles. The average Bonchev–Trinajstić information content (AvgIpc) is 2.99. The quantitative estimate of drug-likeness (QED) is 0.867.